The number of benzene rings is 2. The van der Waals surface area contributed by atoms with Gasteiger partial charge in [0.15, 0.2) is 11.5 Å². The summed E-state index contributed by atoms with van der Waals surface area (Å²) >= 11 is 0. The molecule has 0 aliphatic carbocycles. The van der Waals surface area contributed by atoms with E-state index in [9.17, 15) is 13.2 Å². The number of carbonyl (C=O) groups excluding carboxylic acids is 1. The van der Waals surface area contributed by atoms with E-state index < -0.39 is 10.0 Å². The van der Waals surface area contributed by atoms with Gasteiger partial charge in [0.25, 0.3) is 5.91 Å². The van der Waals surface area contributed by atoms with E-state index in [1.54, 1.807) is 31.3 Å². The molecule has 2 heterocycles. The number of nitrogens with zero attached hydrogens (tertiary/aromatic N) is 2. The highest BCUT2D eigenvalue weighted by Crippen LogP contribution is 2.35. The molecule has 0 N–H and O–H groups in total. The van der Waals surface area contributed by atoms with Crippen molar-refractivity contribution in [1.82, 2.24) is 9.21 Å². The fourth-order valence-corrected chi connectivity index (χ4v) is 6.69. The van der Waals surface area contributed by atoms with E-state index >= 15 is 0 Å². The highest BCUT2D eigenvalue weighted by Gasteiger charge is 2.34. The largest absolute Gasteiger partial charge is 0.495 e. The number of methoxy groups -OCH3 is 3. The van der Waals surface area contributed by atoms with Crippen molar-refractivity contribution in [3.8, 4) is 17.2 Å². The standard InChI is InChI=1S/C25H32N2O6S/c1-17-7-5-6-11-27(17)34(29,30)24-15-19(8-9-21(24)31-2)25(28)26-12-10-18-13-22(32-3)23(33-4)14-20(18)16-26/h8-9,13-15,17H,5-7,10-12,16H2,1-4H3/t17-/m0/s1. The van der Waals surface area contributed by atoms with Crippen LogP contribution in [-0.2, 0) is 23.0 Å². The Labute approximate surface area is 201 Å². The highest BCUT2D eigenvalue weighted by atomic mass is 32.2. The third-order valence-electron chi connectivity index (χ3n) is 6.74. The number of rotatable bonds is 6. The number of amides is 1. The summed E-state index contributed by atoms with van der Waals surface area (Å²) in [6.07, 6.45) is 3.33. The Balaban J connectivity index is 1.64. The van der Waals surface area contributed by atoms with Gasteiger partial charge in [-0.1, -0.05) is 6.42 Å². The van der Waals surface area contributed by atoms with Crippen LogP contribution in [0.3, 0.4) is 0 Å². The maximum Gasteiger partial charge on any atom is 0.254 e. The summed E-state index contributed by atoms with van der Waals surface area (Å²) < 4.78 is 44.7. The van der Waals surface area contributed by atoms with Crippen LogP contribution in [0, 0.1) is 0 Å². The molecule has 2 aliphatic rings. The van der Waals surface area contributed by atoms with Crippen LogP contribution in [-0.4, -0.2) is 64.0 Å². The number of ether oxygens (including phenoxy) is 3. The van der Waals surface area contributed by atoms with Gasteiger partial charge in [-0.3, -0.25) is 4.79 Å². The Hall–Kier alpha value is -2.78. The minimum Gasteiger partial charge on any atom is -0.495 e. The fraction of sp³-hybridized carbons (Fsp3) is 0.480. The molecular weight excluding hydrogens is 456 g/mol. The number of hydrogen-bond acceptors (Lipinski definition) is 6. The fourth-order valence-electron chi connectivity index (χ4n) is 4.81. The summed E-state index contributed by atoms with van der Waals surface area (Å²) in [4.78, 5) is 15.2. The van der Waals surface area contributed by atoms with Crippen molar-refractivity contribution in [3.63, 3.8) is 0 Å². The average molecular weight is 489 g/mol. The summed E-state index contributed by atoms with van der Waals surface area (Å²) in [6, 6.07) is 8.42. The van der Waals surface area contributed by atoms with Gasteiger partial charge in [-0.2, -0.15) is 4.31 Å². The Morgan fingerprint density at radius 1 is 0.912 bits per heavy atom. The molecule has 2 aliphatic heterocycles. The summed E-state index contributed by atoms with van der Waals surface area (Å²) in [5, 5.41) is 0. The molecule has 34 heavy (non-hydrogen) atoms. The van der Waals surface area contributed by atoms with E-state index in [4.69, 9.17) is 14.2 Å². The SMILES string of the molecule is COc1cc2c(cc1OC)CN(C(=O)c1ccc(OC)c(S(=O)(=O)N3CCCC[C@@H]3C)c1)CC2. The molecule has 0 aromatic heterocycles. The summed E-state index contributed by atoms with van der Waals surface area (Å²) in [6.45, 7) is 3.33. The van der Waals surface area contributed by atoms with Crippen LogP contribution < -0.4 is 14.2 Å². The Morgan fingerprint density at radius 2 is 1.59 bits per heavy atom. The van der Waals surface area contributed by atoms with E-state index in [1.807, 2.05) is 19.1 Å². The Kier molecular flexibility index (Phi) is 7.04. The molecule has 2 aromatic rings. The molecule has 1 fully saturated rings. The summed E-state index contributed by atoms with van der Waals surface area (Å²) in [5.41, 5.74) is 2.42. The van der Waals surface area contributed by atoms with Gasteiger partial charge in [-0.15, -0.1) is 0 Å². The molecule has 184 valence electrons. The van der Waals surface area contributed by atoms with Gasteiger partial charge < -0.3 is 19.1 Å². The van der Waals surface area contributed by atoms with Crippen LogP contribution in [0.5, 0.6) is 17.2 Å². The van der Waals surface area contributed by atoms with Gasteiger partial charge in [-0.25, -0.2) is 8.42 Å². The summed E-state index contributed by atoms with van der Waals surface area (Å²) in [5.74, 6) is 1.31. The molecule has 8 nitrogen and oxygen atoms in total. The van der Waals surface area contributed by atoms with Crippen LogP contribution in [0.1, 0.15) is 47.7 Å². The number of hydrogen-bond donors (Lipinski definition) is 0. The van der Waals surface area contributed by atoms with Gasteiger partial charge in [0.1, 0.15) is 10.6 Å². The molecule has 0 spiro atoms. The van der Waals surface area contributed by atoms with Gasteiger partial charge >= 0.3 is 0 Å². The van der Waals surface area contributed by atoms with E-state index in [2.05, 4.69) is 0 Å². The van der Waals surface area contributed by atoms with Gasteiger partial charge in [0.05, 0.1) is 21.3 Å². The van der Waals surface area contributed by atoms with Gasteiger partial charge in [-0.05, 0) is 67.6 Å². The number of fused-ring (bicyclic) bond motifs is 1. The van der Waals surface area contributed by atoms with Crippen LogP contribution in [0.25, 0.3) is 0 Å². The molecule has 1 amide bonds. The molecule has 0 unspecified atom stereocenters. The second-order valence-electron chi connectivity index (χ2n) is 8.78. The third kappa shape index (κ3) is 4.46. The number of carbonyl (C=O) groups is 1. The molecule has 0 saturated carbocycles. The second kappa shape index (κ2) is 9.84. The predicted molar refractivity (Wildman–Crippen MR) is 128 cm³/mol. The van der Waals surface area contributed by atoms with Gasteiger partial charge in [0.2, 0.25) is 10.0 Å². The molecular formula is C25H32N2O6S. The second-order valence-corrected chi connectivity index (χ2v) is 10.6. The monoisotopic (exact) mass is 488 g/mol. The zero-order valence-electron chi connectivity index (χ0n) is 20.2. The molecule has 4 rings (SSSR count). The smallest absolute Gasteiger partial charge is 0.254 e. The van der Waals surface area contributed by atoms with Crippen LogP contribution in [0.2, 0.25) is 0 Å². The van der Waals surface area contributed by atoms with E-state index in [-0.39, 0.29) is 22.6 Å². The number of sulfonamides is 1. The van der Waals surface area contributed by atoms with E-state index in [1.165, 1.54) is 17.5 Å². The lowest BCUT2D eigenvalue weighted by atomic mass is 9.98. The van der Waals surface area contributed by atoms with E-state index in [0.29, 0.717) is 43.1 Å². The quantitative estimate of drug-likeness (QED) is 0.619. The maximum absolute atomic E-state index is 13.5. The zero-order chi connectivity index (χ0) is 24.5. The lowest BCUT2D eigenvalue weighted by molar-refractivity contribution is 0.0734. The average Bonchev–Trinajstić information content (AvgIpc) is 2.86. The van der Waals surface area contributed by atoms with Crippen molar-refractivity contribution in [3.05, 3.63) is 47.0 Å². The zero-order valence-corrected chi connectivity index (χ0v) is 21.0. The first-order valence-corrected chi connectivity index (χ1v) is 13.0. The molecule has 0 radical (unpaired) electrons. The van der Waals surface area contributed by atoms with Crippen molar-refractivity contribution >= 4 is 15.9 Å². The first kappa shape index (κ1) is 24.3. The maximum atomic E-state index is 13.5. The Bertz CT molecular complexity index is 1180. The van der Waals surface area contributed by atoms with Crippen molar-refractivity contribution in [1.29, 1.82) is 0 Å². The van der Waals surface area contributed by atoms with Crippen LogP contribution in [0.15, 0.2) is 35.2 Å². The van der Waals surface area contributed by atoms with Crippen LogP contribution >= 0.6 is 0 Å². The normalized spacial score (nSPS) is 18.8. The van der Waals surface area contributed by atoms with Crippen molar-refractivity contribution < 1.29 is 27.4 Å². The first-order chi connectivity index (χ1) is 16.3. The molecule has 1 saturated heterocycles. The van der Waals surface area contributed by atoms with Crippen LogP contribution in [0.4, 0.5) is 0 Å². The highest BCUT2D eigenvalue weighted by molar-refractivity contribution is 7.89. The lowest BCUT2D eigenvalue weighted by Gasteiger charge is -2.33. The molecule has 9 heteroatoms. The molecule has 0 bridgehead atoms. The molecule has 2 aromatic carbocycles. The van der Waals surface area contributed by atoms with Crippen molar-refractivity contribution in [2.24, 2.45) is 0 Å². The number of piperidine rings is 1. The first-order valence-electron chi connectivity index (χ1n) is 11.5. The van der Waals surface area contributed by atoms with Crippen molar-refractivity contribution in [2.75, 3.05) is 34.4 Å². The third-order valence-corrected chi connectivity index (χ3v) is 8.78. The van der Waals surface area contributed by atoms with Gasteiger partial charge in [0, 0.05) is 31.2 Å². The minimum atomic E-state index is -3.80. The predicted octanol–water partition coefficient (Wildman–Crippen LogP) is 3.47. The minimum absolute atomic E-state index is 0.0402. The van der Waals surface area contributed by atoms with Crippen molar-refractivity contribution in [2.45, 2.75) is 50.1 Å². The lowest BCUT2D eigenvalue weighted by Crippen LogP contribution is -2.42. The molecule has 1 atom stereocenters. The summed E-state index contributed by atoms with van der Waals surface area (Å²) in [7, 11) is 0.826. The topological polar surface area (TPSA) is 85.4 Å². The van der Waals surface area contributed by atoms with E-state index in [0.717, 1.165) is 30.4 Å². The Morgan fingerprint density at radius 3 is 2.24 bits per heavy atom.